The number of hydrogen-bond acceptors (Lipinski definition) is 1. The fourth-order valence-corrected chi connectivity index (χ4v) is 0.988. The Labute approximate surface area is 79.7 Å². The number of aliphatic hydroxyl groups is 1. The molecule has 0 spiro atoms. The third-order valence-corrected chi connectivity index (χ3v) is 2.15. The van der Waals surface area contributed by atoms with Gasteiger partial charge in [-0.25, -0.2) is 0 Å². The van der Waals surface area contributed by atoms with Gasteiger partial charge in [0.2, 0.25) is 0 Å². The lowest BCUT2D eigenvalue weighted by Crippen LogP contribution is -2.09. The molecular formula is C12H16O. The van der Waals surface area contributed by atoms with E-state index in [0.717, 1.165) is 0 Å². The van der Waals surface area contributed by atoms with Crippen molar-refractivity contribution in [2.24, 2.45) is 5.92 Å². The third-order valence-electron chi connectivity index (χ3n) is 2.15. The summed E-state index contributed by atoms with van der Waals surface area (Å²) in [6, 6.07) is 10.1. The highest BCUT2D eigenvalue weighted by Crippen LogP contribution is 2.08. The third kappa shape index (κ3) is 3.43. The quantitative estimate of drug-likeness (QED) is 0.750. The second kappa shape index (κ2) is 4.83. The largest absolute Gasteiger partial charge is 0.393 e. The Kier molecular flexibility index (Phi) is 3.71. The summed E-state index contributed by atoms with van der Waals surface area (Å²) >= 11 is 0. The predicted molar refractivity (Wildman–Crippen MR) is 56.3 cm³/mol. The number of rotatable bonds is 3. The Morgan fingerprint density at radius 2 is 1.77 bits per heavy atom. The number of aliphatic hydroxyl groups excluding tert-OH is 1. The van der Waals surface area contributed by atoms with Crippen LogP contribution in [0.2, 0.25) is 0 Å². The highest BCUT2D eigenvalue weighted by molar-refractivity contribution is 5.48. The summed E-state index contributed by atoms with van der Waals surface area (Å²) in [7, 11) is 0. The van der Waals surface area contributed by atoms with Crippen LogP contribution in [-0.2, 0) is 0 Å². The summed E-state index contributed by atoms with van der Waals surface area (Å²) in [5.74, 6) is 0.209. The zero-order valence-corrected chi connectivity index (χ0v) is 8.14. The van der Waals surface area contributed by atoms with E-state index in [0.29, 0.717) is 0 Å². The van der Waals surface area contributed by atoms with Gasteiger partial charge in [0.05, 0.1) is 6.10 Å². The maximum Gasteiger partial charge on any atom is 0.0572 e. The highest BCUT2D eigenvalue weighted by Gasteiger charge is 2.02. The summed E-state index contributed by atoms with van der Waals surface area (Å²) in [6.07, 6.45) is 3.79. The fourth-order valence-electron chi connectivity index (χ4n) is 0.988. The van der Waals surface area contributed by atoms with E-state index in [-0.39, 0.29) is 12.0 Å². The standard InChI is InChI=1S/C12H16O/c1-10(11(2)13)8-9-12-6-4-3-5-7-12/h3-11,13H,1-2H3/b9-8+/t10-,11+/m0/s1. The maximum atomic E-state index is 9.25. The summed E-state index contributed by atoms with van der Waals surface area (Å²) in [4.78, 5) is 0. The Morgan fingerprint density at radius 3 is 2.31 bits per heavy atom. The normalized spacial score (nSPS) is 15.9. The molecule has 70 valence electrons. The number of benzene rings is 1. The molecule has 0 aromatic heterocycles. The van der Waals surface area contributed by atoms with Crippen LogP contribution in [0.15, 0.2) is 36.4 Å². The first-order chi connectivity index (χ1) is 6.20. The molecular weight excluding hydrogens is 160 g/mol. The summed E-state index contributed by atoms with van der Waals surface area (Å²) in [5, 5.41) is 9.25. The van der Waals surface area contributed by atoms with E-state index in [1.165, 1.54) is 5.56 Å². The van der Waals surface area contributed by atoms with Crippen LogP contribution >= 0.6 is 0 Å². The van der Waals surface area contributed by atoms with Crippen LogP contribution in [0.4, 0.5) is 0 Å². The first-order valence-electron chi connectivity index (χ1n) is 4.61. The molecule has 0 heterocycles. The highest BCUT2D eigenvalue weighted by atomic mass is 16.3. The monoisotopic (exact) mass is 176 g/mol. The molecule has 0 saturated carbocycles. The van der Waals surface area contributed by atoms with Crippen LogP contribution in [-0.4, -0.2) is 11.2 Å². The van der Waals surface area contributed by atoms with Crippen molar-refractivity contribution in [2.75, 3.05) is 0 Å². The van der Waals surface area contributed by atoms with Gasteiger partial charge in [-0.1, -0.05) is 49.4 Å². The molecule has 1 aromatic carbocycles. The molecule has 0 fully saturated rings. The summed E-state index contributed by atoms with van der Waals surface area (Å²) in [5.41, 5.74) is 1.18. The van der Waals surface area contributed by atoms with Gasteiger partial charge in [-0.3, -0.25) is 0 Å². The molecule has 0 radical (unpaired) electrons. The zero-order valence-electron chi connectivity index (χ0n) is 8.14. The van der Waals surface area contributed by atoms with Crippen molar-refractivity contribution in [1.82, 2.24) is 0 Å². The minimum atomic E-state index is -0.278. The lowest BCUT2D eigenvalue weighted by atomic mass is 10.0. The first kappa shape index (κ1) is 10.0. The smallest absolute Gasteiger partial charge is 0.0572 e. The lowest BCUT2D eigenvalue weighted by molar-refractivity contribution is 0.157. The Balaban J connectivity index is 2.59. The fraction of sp³-hybridized carbons (Fsp3) is 0.333. The van der Waals surface area contributed by atoms with Gasteiger partial charge >= 0.3 is 0 Å². The lowest BCUT2D eigenvalue weighted by Gasteiger charge is -2.08. The molecule has 0 aliphatic heterocycles. The van der Waals surface area contributed by atoms with Crippen molar-refractivity contribution in [3.63, 3.8) is 0 Å². The van der Waals surface area contributed by atoms with Crippen molar-refractivity contribution < 1.29 is 5.11 Å². The molecule has 1 N–H and O–H groups in total. The van der Waals surface area contributed by atoms with E-state index in [4.69, 9.17) is 0 Å². The predicted octanol–water partition coefficient (Wildman–Crippen LogP) is 2.72. The van der Waals surface area contributed by atoms with Crippen LogP contribution in [0, 0.1) is 5.92 Å². The molecule has 0 saturated heterocycles. The minimum Gasteiger partial charge on any atom is -0.393 e. The van der Waals surface area contributed by atoms with Crippen molar-refractivity contribution in [2.45, 2.75) is 20.0 Å². The molecule has 13 heavy (non-hydrogen) atoms. The second-order valence-corrected chi connectivity index (χ2v) is 3.37. The summed E-state index contributed by atoms with van der Waals surface area (Å²) < 4.78 is 0. The van der Waals surface area contributed by atoms with Gasteiger partial charge in [0.25, 0.3) is 0 Å². The van der Waals surface area contributed by atoms with Gasteiger partial charge in [0.1, 0.15) is 0 Å². The molecule has 0 aliphatic carbocycles. The van der Waals surface area contributed by atoms with E-state index in [9.17, 15) is 5.11 Å². The molecule has 1 heteroatoms. The van der Waals surface area contributed by atoms with Crippen molar-refractivity contribution >= 4 is 6.08 Å². The van der Waals surface area contributed by atoms with Crippen LogP contribution in [0.5, 0.6) is 0 Å². The van der Waals surface area contributed by atoms with Gasteiger partial charge < -0.3 is 5.11 Å². The van der Waals surface area contributed by atoms with Crippen LogP contribution in [0.25, 0.3) is 6.08 Å². The SMILES string of the molecule is C[C@@H](O)[C@@H](C)/C=C/c1ccccc1. The van der Waals surface area contributed by atoms with E-state index in [2.05, 4.69) is 0 Å². The van der Waals surface area contributed by atoms with Crippen molar-refractivity contribution in [3.05, 3.63) is 42.0 Å². The molecule has 0 bridgehead atoms. The van der Waals surface area contributed by atoms with Gasteiger partial charge in [-0.15, -0.1) is 0 Å². The van der Waals surface area contributed by atoms with Gasteiger partial charge in [-0.2, -0.15) is 0 Å². The van der Waals surface area contributed by atoms with Gasteiger partial charge in [0, 0.05) is 0 Å². The zero-order chi connectivity index (χ0) is 9.68. The average molecular weight is 176 g/mol. The second-order valence-electron chi connectivity index (χ2n) is 3.37. The molecule has 1 rings (SSSR count). The van der Waals surface area contributed by atoms with Crippen LogP contribution in [0.1, 0.15) is 19.4 Å². The summed E-state index contributed by atoms with van der Waals surface area (Å²) in [6.45, 7) is 3.81. The Hall–Kier alpha value is -1.08. The molecule has 0 unspecified atom stereocenters. The average Bonchev–Trinajstić information content (AvgIpc) is 2.15. The molecule has 2 atom stereocenters. The maximum absolute atomic E-state index is 9.25. The molecule has 1 nitrogen and oxygen atoms in total. The van der Waals surface area contributed by atoms with E-state index in [1.54, 1.807) is 6.92 Å². The van der Waals surface area contributed by atoms with E-state index < -0.39 is 0 Å². The topological polar surface area (TPSA) is 20.2 Å². The van der Waals surface area contributed by atoms with E-state index >= 15 is 0 Å². The molecule has 0 amide bonds. The van der Waals surface area contributed by atoms with Gasteiger partial charge in [0.15, 0.2) is 0 Å². The van der Waals surface area contributed by atoms with Crippen LogP contribution in [0.3, 0.4) is 0 Å². The number of hydrogen-bond donors (Lipinski definition) is 1. The van der Waals surface area contributed by atoms with Crippen molar-refractivity contribution in [1.29, 1.82) is 0 Å². The minimum absolute atomic E-state index is 0.209. The molecule has 1 aromatic rings. The first-order valence-corrected chi connectivity index (χ1v) is 4.61. The Morgan fingerprint density at radius 1 is 1.15 bits per heavy atom. The van der Waals surface area contributed by atoms with Crippen molar-refractivity contribution in [3.8, 4) is 0 Å². The Bertz CT molecular complexity index is 262. The van der Waals surface area contributed by atoms with Gasteiger partial charge in [-0.05, 0) is 18.4 Å². The molecule has 0 aliphatic rings. The van der Waals surface area contributed by atoms with E-state index in [1.807, 2.05) is 49.4 Å². The van der Waals surface area contributed by atoms with Crippen LogP contribution < -0.4 is 0 Å².